The summed E-state index contributed by atoms with van der Waals surface area (Å²) in [5.41, 5.74) is 2.53. The van der Waals surface area contributed by atoms with Crippen LogP contribution < -0.4 is 4.74 Å². The first-order chi connectivity index (χ1) is 10.4. The fraction of sp³-hybridized carbons (Fsp3) is 0.474. The van der Waals surface area contributed by atoms with Crippen LogP contribution >= 0.6 is 0 Å². The molecule has 0 aliphatic heterocycles. The van der Waals surface area contributed by atoms with Crippen molar-refractivity contribution >= 4 is 6.08 Å². The third-order valence-corrected chi connectivity index (χ3v) is 3.64. The largest absolute Gasteiger partial charge is 0.433 e. The van der Waals surface area contributed by atoms with Crippen molar-refractivity contribution in [2.45, 2.75) is 52.1 Å². The predicted molar refractivity (Wildman–Crippen MR) is 87.1 cm³/mol. The summed E-state index contributed by atoms with van der Waals surface area (Å²) in [4.78, 5) is 0. The van der Waals surface area contributed by atoms with Crippen LogP contribution in [0.4, 0.5) is 8.78 Å². The molecule has 1 aromatic carbocycles. The van der Waals surface area contributed by atoms with Gasteiger partial charge in [-0.2, -0.15) is 8.78 Å². The first-order valence-electron chi connectivity index (χ1n) is 7.96. The van der Waals surface area contributed by atoms with Crippen molar-refractivity contribution in [1.29, 1.82) is 0 Å². The zero-order valence-electron chi connectivity index (χ0n) is 13.3. The molecule has 0 atom stereocenters. The van der Waals surface area contributed by atoms with Gasteiger partial charge < -0.3 is 4.74 Å². The van der Waals surface area contributed by atoms with E-state index in [0.717, 1.165) is 12.0 Å². The highest BCUT2D eigenvalue weighted by Crippen LogP contribution is 2.28. The first kappa shape index (κ1) is 16.7. The quantitative estimate of drug-likeness (QED) is 0.543. The molecule has 1 aliphatic carbocycles. The van der Waals surface area contributed by atoms with Crippen LogP contribution in [0.5, 0.6) is 5.75 Å². The highest BCUT2D eigenvalue weighted by Gasteiger charge is 2.32. The monoisotopic (exact) mass is 306 g/mol. The van der Waals surface area contributed by atoms with Gasteiger partial charge in [0.15, 0.2) is 0 Å². The number of halogens is 2. The van der Waals surface area contributed by atoms with Crippen molar-refractivity contribution in [3.8, 4) is 5.75 Å². The zero-order valence-corrected chi connectivity index (χ0v) is 13.3. The van der Waals surface area contributed by atoms with Gasteiger partial charge in [-0.3, -0.25) is 0 Å². The van der Waals surface area contributed by atoms with Gasteiger partial charge in [-0.05, 0) is 49.3 Å². The van der Waals surface area contributed by atoms with Crippen molar-refractivity contribution < 1.29 is 13.5 Å². The second-order valence-corrected chi connectivity index (χ2v) is 6.26. The molecule has 0 saturated heterocycles. The smallest absolute Gasteiger partial charge is 0.398 e. The van der Waals surface area contributed by atoms with E-state index in [2.05, 4.69) is 12.2 Å². The molecule has 2 rings (SSSR count). The Morgan fingerprint density at radius 1 is 1.18 bits per heavy atom. The SMILES string of the molecule is CC(C)CC(F)(F)Oc1ccc(/C=C/CC=C2CCC2)cc1. The van der Waals surface area contributed by atoms with E-state index >= 15 is 0 Å². The summed E-state index contributed by atoms with van der Waals surface area (Å²) in [5, 5.41) is 0. The summed E-state index contributed by atoms with van der Waals surface area (Å²) < 4.78 is 31.9. The van der Waals surface area contributed by atoms with E-state index in [1.54, 1.807) is 43.7 Å². The lowest BCUT2D eigenvalue weighted by molar-refractivity contribution is -0.186. The number of rotatable bonds is 7. The van der Waals surface area contributed by atoms with Gasteiger partial charge in [-0.25, -0.2) is 0 Å². The summed E-state index contributed by atoms with van der Waals surface area (Å²) in [6.45, 7) is 3.51. The van der Waals surface area contributed by atoms with E-state index in [4.69, 9.17) is 4.74 Å². The van der Waals surface area contributed by atoms with Crippen molar-refractivity contribution in [2.75, 3.05) is 0 Å². The van der Waals surface area contributed by atoms with Crippen LogP contribution in [-0.2, 0) is 0 Å². The maximum Gasteiger partial charge on any atom is 0.398 e. The summed E-state index contributed by atoms with van der Waals surface area (Å²) in [6.07, 6.45) is 7.71. The molecular formula is C19H24F2O. The van der Waals surface area contributed by atoms with Crippen molar-refractivity contribution in [2.24, 2.45) is 5.92 Å². The molecule has 120 valence electrons. The summed E-state index contributed by atoms with van der Waals surface area (Å²) in [6, 6.07) is 6.79. The highest BCUT2D eigenvalue weighted by atomic mass is 19.3. The maximum absolute atomic E-state index is 13.6. The number of ether oxygens (including phenoxy) is 1. The molecule has 1 nitrogen and oxygen atoms in total. The predicted octanol–water partition coefficient (Wildman–Crippen LogP) is 6.22. The van der Waals surface area contributed by atoms with Gasteiger partial charge in [-0.15, -0.1) is 0 Å². The van der Waals surface area contributed by atoms with Crippen LogP contribution in [0.25, 0.3) is 6.08 Å². The fourth-order valence-corrected chi connectivity index (χ4v) is 2.36. The average Bonchev–Trinajstić information content (AvgIpc) is 2.36. The van der Waals surface area contributed by atoms with Gasteiger partial charge >= 0.3 is 6.11 Å². The van der Waals surface area contributed by atoms with E-state index < -0.39 is 6.11 Å². The Kier molecular flexibility index (Phi) is 5.76. The van der Waals surface area contributed by atoms with Gasteiger partial charge in [0, 0.05) is 0 Å². The van der Waals surface area contributed by atoms with Crippen LogP contribution in [0.2, 0.25) is 0 Å². The number of alkyl halides is 2. The van der Waals surface area contributed by atoms with Crippen LogP contribution in [0.15, 0.2) is 42.0 Å². The Hall–Kier alpha value is -1.64. The van der Waals surface area contributed by atoms with E-state index in [9.17, 15) is 8.78 Å². The molecule has 1 saturated carbocycles. The van der Waals surface area contributed by atoms with Gasteiger partial charge in [0.1, 0.15) is 5.75 Å². The van der Waals surface area contributed by atoms with E-state index in [1.165, 1.54) is 19.3 Å². The molecule has 3 heteroatoms. The van der Waals surface area contributed by atoms with Gasteiger partial charge in [-0.1, -0.05) is 49.8 Å². The minimum Gasteiger partial charge on any atom is -0.433 e. The third-order valence-electron chi connectivity index (χ3n) is 3.64. The summed E-state index contributed by atoms with van der Waals surface area (Å²) in [5.74, 6) is 0.0985. The molecule has 0 radical (unpaired) electrons. The highest BCUT2D eigenvalue weighted by molar-refractivity contribution is 5.50. The van der Waals surface area contributed by atoms with Crippen molar-refractivity contribution in [3.63, 3.8) is 0 Å². The third kappa shape index (κ3) is 5.63. The lowest BCUT2D eigenvalue weighted by atomic mass is 9.92. The Morgan fingerprint density at radius 2 is 1.86 bits per heavy atom. The van der Waals surface area contributed by atoms with E-state index in [0.29, 0.717) is 0 Å². The molecule has 1 fully saturated rings. The van der Waals surface area contributed by atoms with Gasteiger partial charge in [0.05, 0.1) is 6.42 Å². The molecule has 0 heterocycles. The van der Waals surface area contributed by atoms with Crippen LogP contribution in [-0.4, -0.2) is 6.11 Å². The van der Waals surface area contributed by atoms with E-state index in [1.807, 2.05) is 6.08 Å². The molecule has 0 spiro atoms. The Balaban J connectivity index is 1.85. The van der Waals surface area contributed by atoms with Gasteiger partial charge in [0.25, 0.3) is 0 Å². The number of benzene rings is 1. The molecule has 0 unspecified atom stereocenters. The number of hydrogen-bond donors (Lipinski definition) is 0. The maximum atomic E-state index is 13.6. The topological polar surface area (TPSA) is 9.23 Å². The van der Waals surface area contributed by atoms with Crippen molar-refractivity contribution in [3.05, 3.63) is 47.6 Å². The molecular weight excluding hydrogens is 282 g/mol. The Morgan fingerprint density at radius 3 is 2.41 bits per heavy atom. The van der Waals surface area contributed by atoms with Crippen LogP contribution in [0.1, 0.15) is 51.5 Å². The van der Waals surface area contributed by atoms with Gasteiger partial charge in [0.2, 0.25) is 0 Å². The Bertz CT molecular complexity index is 521. The lowest BCUT2D eigenvalue weighted by Crippen LogP contribution is -2.26. The minimum atomic E-state index is -3.11. The second kappa shape index (κ2) is 7.57. The molecule has 0 aromatic heterocycles. The molecule has 0 amide bonds. The standard InChI is InChI=1S/C19H24F2O/c1-15(2)14-19(20,21)22-18-12-10-17(11-13-18)7-4-3-6-16-8-5-9-16/h4,6-7,10-13,15H,3,5,8-9,14H2,1-2H3/b7-4+. The van der Waals surface area contributed by atoms with Crippen molar-refractivity contribution in [1.82, 2.24) is 0 Å². The van der Waals surface area contributed by atoms with E-state index in [-0.39, 0.29) is 18.1 Å². The Labute approximate surface area is 131 Å². The fourth-order valence-electron chi connectivity index (χ4n) is 2.36. The lowest BCUT2D eigenvalue weighted by Gasteiger charge is -2.19. The second-order valence-electron chi connectivity index (χ2n) is 6.26. The summed E-state index contributed by atoms with van der Waals surface area (Å²) in [7, 11) is 0. The number of allylic oxidation sites excluding steroid dienone is 3. The zero-order chi connectivity index (χ0) is 16.0. The molecule has 1 aromatic rings. The molecule has 0 bridgehead atoms. The normalized spacial score (nSPS) is 15.2. The summed E-state index contributed by atoms with van der Waals surface area (Å²) >= 11 is 0. The molecule has 1 aliphatic rings. The number of hydrogen-bond acceptors (Lipinski definition) is 1. The first-order valence-corrected chi connectivity index (χ1v) is 7.96. The average molecular weight is 306 g/mol. The van der Waals surface area contributed by atoms with Crippen LogP contribution in [0, 0.1) is 5.92 Å². The van der Waals surface area contributed by atoms with Crippen LogP contribution in [0.3, 0.4) is 0 Å². The minimum absolute atomic E-state index is 0.109. The molecule has 0 N–H and O–H groups in total. The molecule has 22 heavy (non-hydrogen) atoms.